The number of hydrogen-bond acceptors (Lipinski definition) is 3. The Balaban J connectivity index is 3.74. The van der Waals surface area contributed by atoms with Gasteiger partial charge in [0.05, 0.1) is 7.11 Å². The Bertz CT molecular complexity index is 192. The molecule has 0 aromatic heterocycles. The van der Waals surface area contributed by atoms with Crippen LogP contribution in [0.1, 0.15) is 65.2 Å². The van der Waals surface area contributed by atoms with Crippen molar-refractivity contribution in [2.75, 3.05) is 7.11 Å². The number of carbonyl (C=O) groups is 1. The number of carbonyl (C=O) groups excluding carboxylic acids is 1. The van der Waals surface area contributed by atoms with E-state index in [0.29, 0.717) is 12.8 Å². The van der Waals surface area contributed by atoms with Crippen molar-refractivity contribution in [2.24, 2.45) is 0 Å². The van der Waals surface area contributed by atoms with Crippen molar-refractivity contribution in [3.8, 4) is 0 Å². The highest BCUT2D eigenvalue weighted by Gasteiger charge is 2.34. The summed E-state index contributed by atoms with van der Waals surface area (Å²) < 4.78 is 4.61. The first-order valence-electron chi connectivity index (χ1n) is 6.41. The number of methoxy groups -OCH3 is 1. The summed E-state index contributed by atoms with van der Waals surface area (Å²) >= 11 is 0. The van der Waals surface area contributed by atoms with E-state index in [1.165, 1.54) is 32.8 Å². The maximum atomic E-state index is 11.4. The summed E-state index contributed by atoms with van der Waals surface area (Å²) in [5.74, 6) is -0.497. The molecule has 0 amide bonds. The van der Waals surface area contributed by atoms with Crippen molar-refractivity contribution in [1.82, 2.24) is 0 Å². The largest absolute Gasteiger partial charge is 0.467 e. The second kappa shape index (κ2) is 8.57. The Morgan fingerprint density at radius 3 is 2.19 bits per heavy atom. The van der Waals surface area contributed by atoms with E-state index in [1.807, 2.05) is 6.92 Å². The highest BCUT2D eigenvalue weighted by Crippen LogP contribution is 2.21. The predicted molar refractivity (Wildman–Crippen MR) is 65.2 cm³/mol. The molecule has 0 heterocycles. The Labute approximate surface area is 99.2 Å². The van der Waals surface area contributed by atoms with Crippen LogP contribution in [0.25, 0.3) is 0 Å². The molecule has 0 radical (unpaired) electrons. The van der Waals surface area contributed by atoms with Crippen LogP contribution in [0.3, 0.4) is 0 Å². The minimum absolute atomic E-state index is 0.425. The maximum absolute atomic E-state index is 11.4. The van der Waals surface area contributed by atoms with Crippen LogP contribution in [-0.4, -0.2) is 23.8 Å². The van der Waals surface area contributed by atoms with Gasteiger partial charge in [0.2, 0.25) is 0 Å². The van der Waals surface area contributed by atoms with Crippen LogP contribution in [-0.2, 0) is 9.53 Å². The standard InChI is InChI=1S/C13H26O3/c1-4-6-7-8-9-10-11-13(15,5-2)12(14)16-3/h15H,4-11H2,1-3H3. The maximum Gasteiger partial charge on any atom is 0.337 e. The van der Waals surface area contributed by atoms with E-state index >= 15 is 0 Å². The van der Waals surface area contributed by atoms with Gasteiger partial charge in [0, 0.05) is 0 Å². The minimum Gasteiger partial charge on any atom is -0.467 e. The van der Waals surface area contributed by atoms with Crippen LogP contribution in [0, 0.1) is 0 Å². The third kappa shape index (κ3) is 5.50. The summed E-state index contributed by atoms with van der Waals surface area (Å²) in [6.45, 7) is 4.00. The third-order valence-corrected chi connectivity index (χ3v) is 3.09. The van der Waals surface area contributed by atoms with Crippen molar-refractivity contribution in [3.63, 3.8) is 0 Å². The Kier molecular flexibility index (Phi) is 8.26. The molecule has 0 saturated heterocycles. The lowest BCUT2D eigenvalue weighted by Gasteiger charge is -2.23. The van der Waals surface area contributed by atoms with Gasteiger partial charge in [0.1, 0.15) is 0 Å². The smallest absolute Gasteiger partial charge is 0.337 e. The molecule has 0 bridgehead atoms. The molecule has 0 rings (SSSR count). The van der Waals surface area contributed by atoms with Crippen LogP contribution in [0.15, 0.2) is 0 Å². The van der Waals surface area contributed by atoms with E-state index in [9.17, 15) is 9.90 Å². The molecule has 0 aliphatic heterocycles. The Morgan fingerprint density at radius 2 is 1.69 bits per heavy atom. The van der Waals surface area contributed by atoms with Gasteiger partial charge in [0.25, 0.3) is 0 Å². The van der Waals surface area contributed by atoms with Gasteiger partial charge >= 0.3 is 5.97 Å². The van der Waals surface area contributed by atoms with Crippen molar-refractivity contribution < 1.29 is 14.6 Å². The van der Waals surface area contributed by atoms with E-state index in [0.717, 1.165) is 12.8 Å². The number of aliphatic hydroxyl groups is 1. The quantitative estimate of drug-likeness (QED) is 0.489. The Morgan fingerprint density at radius 1 is 1.12 bits per heavy atom. The SMILES string of the molecule is CCCCCCCCC(O)(CC)C(=O)OC. The molecule has 1 unspecified atom stereocenters. The molecule has 0 saturated carbocycles. The summed E-state index contributed by atoms with van der Waals surface area (Å²) in [5, 5.41) is 10.0. The molecule has 1 N–H and O–H groups in total. The third-order valence-electron chi connectivity index (χ3n) is 3.09. The average Bonchev–Trinajstić information content (AvgIpc) is 2.32. The number of unbranched alkanes of at least 4 members (excludes halogenated alkanes) is 5. The van der Waals surface area contributed by atoms with Gasteiger partial charge in [-0.2, -0.15) is 0 Å². The highest BCUT2D eigenvalue weighted by atomic mass is 16.5. The van der Waals surface area contributed by atoms with Crippen molar-refractivity contribution in [2.45, 2.75) is 70.8 Å². The van der Waals surface area contributed by atoms with Gasteiger partial charge in [-0.3, -0.25) is 0 Å². The van der Waals surface area contributed by atoms with E-state index in [4.69, 9.17) is 0 Å². The summed E-state index contributed by atoms with van der Waals surface area (Å²) in [5.41, 5.74) is -1.26. The summed E-state index contributed by atoms with van der Waals surface area (Å²) in [7, 11) is 1.32. The van der Waals surface area contributed by atoms with Crippen LogP contribution in [0.5, 0.6) is 0 Å². The number of ether oxygens (including phenoxy) is 1. The van der Waals surface area contributed by atoms with E-state index in [-0.39, 0.29) is 0 Å². The normalized spacial score (nSPS) is 14.5. The molecule has 3 heteroatoms. The first kappa shape index (κ1) is 15.4. The van der Waals surface area contributed by atoms with Crippen LogP contribution in [0.2, 0.25) is 0 Å². The fraction of sp³-hybridized carbons (Fsp3) is 0.923. The molecule has 0 aromatic carbocycles. The number of rotatable bonds is 9. The molecule has 16 heavy (non-hydrogen) atoms. The first-order valence-corrected chi connectivity index (χ1v) is 6.41. The second-order valence-electron chi connectivity index (χ2n) is 4.39. The molecule has 0 aliphatic rings. The van der Waals surface area contributed by atoms with Crippen LogP contribution < -0.4 is 0 Å². The molecule has 1 atom stereocenters. The van der Waals surface area contributed by atoms with Crippen molar-refractivity contribution in [1.29, 1.82) is 0 Å². The van der Waals surface area contributed by atoms with Gasteiger partial charge in [-0.25, -0.2) is 4.79 Å². The highest BCUT2D eigenvalue weighted by molar-refractivity contribution is 5.78. The zero-order valence-corrected chi connectivity index (χ0v) is 10.9. The van der Waals surface area contributed by atoms with Crippen molar-refractivity contribution in [3.05, 3.63) is 0 Å². The minimum atomic E-state index is -1.26. The zero-order chi connectivity index (χ0) is 12.4. The van der Waals surface area contributed by atoms with E-state index < -0.39 is 11.6 Å². The van der Waals surface area contributed by atoms with Gasteiger partial charge in [-0.15, -0.1) is 0 Å². The second-order valence-corrected chi connectivity index (χ2v) is 4.39. The first-order chi connectivity index (χ1) is 7.60. The Hall–Kier alpha value is -0.570. The molecular formula is C13H26O3. The fourth-order valence-corrected chi connectivity index (χ4v) is 1.81. The van der Waals surface area contributed by atoms with Crippen LogP contribution >= 0.6 is 0 Å². The average molecular weight is 230 g/mol. The molecule has 96 valence electrons. The summed E-state index contributed by atoms with van der Waals surface area (Å²) in [6, 6.07) is 0. The molecule has 0 aromatic rings. The fourth-order valence-electron chi connectivity index (χ4n) is 1.81. The van der Waals surface area contributed by atoms with Gasteiger partial charge in [-0.1, -0.05) is 46.0 Å². The zero-order valence-electron chi connectivity index (χ0n) is 10.9. The van der Waals surface area contributed by atoms with Crippen molar-refractivity contribution >= 4 is 5.97 Å². The lowest BCUT2D eigenvalue weighted by Crippen LogP contribution is -2.38. The van der Waals surface area contributed by atoms with E-state index in [1.54, 1.807) is 0 Å². The molecular weight excluding hydrogens is 204 g/mol. The summed E-state index contributed by atoms with van der Waals surface area (Å²) in [4.78, 5) is 11.4. The molecule has 0 aliphatic carbocycles. The molecule has 3 nitrogen and oxygen atoms in total. The van der Waals surface area contributed by atoms with Crippen LogP contribution in [0.4, 0.5) is 0 Å². The lowest BCUT2D eigenvalue weighted by atomic mass is 9.93. The van der Waals surface area contributed by atoms with E-state index in [2.05, 4.69) is 11.7 Å². The summed E-state index contributed by atoms with van der Waals surface area (Å²) in [6.07, 6.45) is 7.86. The topological polar surface area (TPSA) is 46.5 Å². The van der Waals surface area contributed by atoms with Gasteiger partial charge in [0.15, 0.2) is 5.60 Å². The van der Waals surface area contributed by atoms with Gasteiger partial charge in [-0.05, 0) is 19.3 Å². The molecule has 0 fully saturated rings. The predicted octanol–water partition coefficient (Wildman–Crippen LogP) is 3.05. The monoisotopic (exact) mass is 230 g/mol. The lowest BCUT2D eigenvalue weighted by molar-refractivity contribution is -0.163. The number of esters is 1. The molecule has 0 spiro atoms. The number of hydrogen-bond donors (Lipinski definition) is 1. The van der Waals surface area contributed by atoms with Gasteiger partial charge < -0.3 is 9.84 Å².